The summed E-state index contributed by atoms with van der Waals surface area (Å²) in [6.07, 6.45) is 6.24. The molecular formula is C41H56N8O8. The van der Waals surface area contributed by atoms with Gasteiger partial charge in [0.2, 0.25) is 29.5 Å². The predicted octanol–water partition coefficient (Wildman–Crippen LogP) is 1.72. The number of nitrogens with one attached hydrogen (secondary N) is 5. The minimum atomic E-state index is -1.23. The van der Waals surface area contributed by atoms with Crippen LogP contribution in [-0.2, 0) is 48.0 Å². The van der Waals surface area contributed by atoms with Gasteiger partial charge in [0, 0.05) is 37.7 Å². The van der Waals surface area contributed by atoms with Crippen molar-refractivity contribution in [3.63, 3.8) is 0 Å². The number of rotatable bonds is 21. The van der Waals surface area contributed by atoms with E-state index in [0.29, 0.717) is 36.9 Å². The van der Waals surface area contributed by atoms with Crippen molar-refractivity contribution in [3.05, 3.63) is 83.9 Å². The molecule has 1 fully saturated rings. The molecule has 2 aromatic carbocycles. The smallest absolute Gasteiger partial charge is 0.326 e. The van der Waals surface area contributed by atoms with Crippen LogP contribution < -0.4 is 27.0 Å². The molecule has 16 heteroatoms. The van der Waals surface area contributed by atoms with Gasteiger partial charge < -0.3 is 47.1 Å². The number of likely N-dealkylation sites (tertiary alicyclic amines) is 1. The van der Waals surface area contributed by atoms with Crippen molar-refractivity contribution >= 4 is 35.5 Å². The van der Waals surface area contributed by atoms with Gasteiger partial charge in [-0.2, -0.15) is 0 Å². The number of imidazole rings is 1. The van der Waals surface area contributed by atoms with E-state index in [0.717, 1.165) is 18.4 Å². The Labute approximate surface area is 332 Å². The Balaban J connectivity index is 1.54. The summed E-state index contributed by atoms with van der Waals surface area (Å²) >= 11 is 0. The highest BCUT2D eigenvalue weighted by atomic mass is 16.4. The molecule has 16 nitrogen and oxygen atoms in total. The highest BCUT2D eigenvalue weighted by Crippen LogP contribution is 2.21. The number of benzene rings is 2. The van der Waals surface area contributed by atoms with Crippen molar-refractivity contribution in [2.24, 2.45) is 11.7 Å². The third kappa shape index (κ3) is 12.9. The standard InChI is InChI=1S/C41H56N8O8/c1-4-6-13-30(42)36(51)45-31(20-27-15-17-29(50)18-16-27)37(52)48-35(25(3)5-2)39(54)46-32(22-28-23-43-24-44-28)40(55)49-19-10-14-34(49)38(53)47-33(41(56)57)21-26-11-8-7-9-12-26/h7-9,11-12,15-18,23-25,30-35,50H,4-6,10,13-14,19-22,42H2,1-3H3,(H,43,44)(H,45,51)(H,46,54)(H,47,53)(H,48,52)(H,56,57)/t25-,30+,31-,32-,33-,34-,35-/m0/s1. The molecule has 0 bridgehead atoms. The van der Waals surface area contributed by atoms with Gasteiger partial charge in [0.15, 0.2) is 0 Å². The first-order valence-electron chi connectivity index (χ1n) is 19.6. The van der Waals surface area contributed by atoms with E-state index in [1.165, 1.54) is 29.6 Å². The van der Waals surface area contributed by atoms with Gasteiger partial charge in [-0.05, 0) is 48.4 Å². The number of carboxylic acids is 1. The van der Waals surface area contributed by atoms with Gasteiger partial charge in [-0.3, -0.25) is 24.0 Å². The number of hydrogen-bond donors (Lipinski definition) is 8. The number of unbranched alkanes of at least 4 members (excludes halogenated alkanes) is 1. The van der Waals surface area contributed by atoms with Crippen LogP contribution in [0.5, 0.6) is 5.75 Å². The average Bonchev–Trinajstić information content (AvgIpc) is 3.92. The number of aliphatic carboxylic acids is 1. The average molecular weight is 789 g/mol. The van der Waals surface area contributed by atoms with Crippen LogP contribution in [0.2, 0.25) is 0 Å². The van der Waals surface area contributed by atoms with Crippen molar-refractivity contribution in [2.45, 2.75) is 115 Å². The quantitative estimate of drug-likeness (QED) is 0.0777. The number of carboxylic acid groups (broad SMARTS) is 1. The van der Waals surface area contributed by atoms with Crippen molar-refractivity contribution in [1.82, 2.24) is 36.1 Å². The molecule has 308 valence electrons. The molecule has 1 saturated heterocycles. The van der Waals surface area contributed by atoms with Crippen LogP contribution in [0.25, 0.3) is 0 Å². The van der Waals surface area contributed by atoms with E-state index >= 15 is 0 Å². The SMILES string of the molecule is CCCC[C@@H](N)C(=O)N[C@@H](Cc1ccc(O)cc1)C(=O)N[C@H](C(=O)N[C@@H](Cc1cnc[nH]1)C(=O)N1CCC[C@H]1C(=O)N[C@@H](Cc1ccccc1)C(=O)O)[C@@H](C)CC. The third-order valence-corrected chi connectivity index (χ3v) is 10.3. The minimum Gasteiger partial charge on any atom is -0.508 e. The Morgan fingerprint density at radius 2 is 1.53 bits per heavy atom. The number of phenols is 1. The van der Waals surface area contributed by atoms with Crippen LogP contribution in [0.4, 0.5) is 0 Å². The predicted molar refractivity (Wildman–Crippen MR) is 211 cm³/mol. The molecule has 1 aliphatic heterocycles. The summed E-state index contributed by atoms with van der Waals surface area (Å²) in [6.45, 7) is 5.80. The second kappa shape index (κ2) is 21.5. The van der Waals surface area contributed by atoms with Crippen molar-refractivity contribution in [1.29, 1.82) is 0 Å². The van der Waals surface area contributed by atoms with Crippen LogP contribution in [0.3, 0.4) is 0 Å². The molecule has 0 unspecified atom stereocenters. The molecule has 7 atom stereocenters. The molecule has 0 aliphatic carbocycles. The molecule has 9 N–H and O–H groups in total. The topological polar surface area (TPSA) is 249 Å². The van der Waals surface area contributed by atoms with Crippen LogP contribution in [0.15, 0.2) is 67.1 Å². The first-order chi connectivity index (χ1) is 27.3. The van der Waals surface area contributed by atoms with Gasteiger partial charge in [-0.15, -0.1) is 0 Å². The van der Waals surface area contributed by atoms with Gasteiger partial charge in [0.1, 0.15) is 36.0 Å². The maximum Gasteiger partial charge on any atom is 0.326 e. The number of nitrogens with two attached hydrogens (primary N) is 1. The number of aromatic nitrogens is 2. The monoisotopic (exact) mass is 788 g/mol. The molecule has 1 aliphatic rings. The lowest BCUT2D eigenvalue weighted by atomic mass is 9.96. The molecule has 5 amide bonds. The molecule has 1 aromatic heterocycles. The molecule has 0 saturated carbocycles. The van der Waals surface area contributed by atoms with Crippen LogP contribution in [0.1, 0.15) is 76.1 Å². The summed E-state index contributed by atoms with van der Waals surface area (Å²) in [5, 5.41) is 30.7. The van der Waals surface area contributed by atoms with Crippen LogP contribution in [0, 0.1) is 5.92 Å². The van der Waals surface area contributed by atoms with E-state index in [-0.39, 0.29) is 31.6 Å². The lowest BCUT2D eigenvalue weighted by molar-refractivity contribution is -0.145. The molecule has 0 spiro atoms. The summed E-state index contributed by atoms with van der Waals surface area (Å²) in [5.41, 5.74) is 8.03. The van der Waals surface area contributed by atoms with E-state index in [9.17, 15) is 39.0 Å². The zero-order valence-corrected chi connectivity index (χ0v) is 32.8. The Morgan fingerprint density at radius 1 is 0.860 bits per heavy atom. The summed E-state index contributed by atoms with van der Waals surface area (Å²) in [5.74, 6) is -4.58. The first kappa shape index (κ1) is 44.0. The fourth-order valence-corrected chi connectivity index (χ4v) is 6.77. The number of phenolic OH excluding ortho intramolecular Hbond substituents is 1. The van der Waals surface area contributed by atoms with E-state index in [4.69, 9.17) is 5.73 Å². The number of hydrogen-bond acceptors (Lipinski definition) is 9. The lowest BCUT2D eigenvalue weighted by Gasteiger charge is -2.31. The number of nitrogens with zero attached hydrogens (tertiary/aromatic N) is 2. The highest BCUT2D eigenvalue weighted by Gasteiger charge is 2.40. The van der Waals surface area contributed by atoms with Crippen molar-refractivity contribution in [2.75, 3.05) is 6.54 Å². The van der Waals surface area contributed by atoms with Crippen molar-refractivity contribution in [3.8, 4) is 5.75 Å². The van der Waals surface area contributed by atoms with E-state index < -0.39 is 77.7 Å². The van der Waals surface area contributed by atoms with Crippen LogP contribution in [-0.4, -0.2) is 103 Å². The Kier molecular flexibility index (Phi) is 16.6. The number of aromatic hydroxyl groups is 1. The lowest BCUT2D eigenvalue weighted by Crippen LogP contribution is -2.61. The number of amides is 5. The first-order valence-corrected chi connectivity index (χ1v) is 19.6. The Morgan fingerprint density at radius 3 is 2.16 bits per heavy atom. The zero-order valence-electron chi connectivity index (χ0n) is 32.8. The summed E-state index contributed by atoms with van der Waals surface area (Å²) in [7, 11) is 0. The molecule has 4 rings (SSSR count). The Hall–Kier alpha value is -5.77. The highest BCUT2D eigenvalue weighted by molar-refractivity contribution is 5.97. The molecule has 57 heavy (non-hydrogen) atoms. The Bertz CT molecular complexity index is 1790. The fourth-order valence-electron chi connectivity index (χ4n) is 6.77. The second-order valence-corrected chi connectivity index (χ2v) is 14.7. The minimum absolute atomic E-state index is 0.0163. The number of H-pyrrole nitrogens is 1. The fraction of sp³-hybridized carbons (Fsp3) is 0.488. The molecule has 3 aromatic rings. The largest absolute Gasteiger partial charge is 0.508 e. The number of aromatic amines is 1. The normalized spacial score (nSPS) is 17.0. The second-order valence-electron chi connectivity index (χ2n) is 14.7. The summed E-state index contributed by atoms with van der Waals surface area (Å²) in [4.78, 5) is 89.8. The zero-order chi connectivity index (χ0) is 41.5. The van der Waals surface area contributed by atoms with E-state index in [1.807, 2.05) is 13.8 Å². The van der Waals surface area contributed by atoms with Gasteiger partial charge in [0.05, 0.1) is 12.4 Å². The third-order valence-electron chi connectivity index (χ3n) is 10.3. The van der Waals surface area contributed by atoms with Crippen molar-refractivity contribution < 1.29 is 39.0 Å². The number of carbonyl (C=O) groups excluding carboxylic acids is 5. The van der Waals surface area contributed by atoms with Gasteiger partial charge in [0.25, 0.3) is 0 Å². The molecular weight excluding hydrogens is 732 g/mol. The summed E-state index contributed by atoms with van der Waals surface area (Å²) in [6, 6.07) is 8.55. The van der Waals surface area contributed by atoms with E-state index in [2.05, 4.69) is 31.2 Å². The van der Waals surface area contributed by atoms with Gasteiger partial charge in [-0.25, -0.2) is 9.78 Å². The maximum atomic E-state index is 14.3. The van der Waals surface area contributed by atoms with Crippen LogP contribution >= 0.6 is 0 Å². The molecule has 2 heterocycles. The maximum absolute atomic E-state index is 14.3. The number of carbonyl (C=O) groups is 6. The van der Waals surface area contributed by atoms with Gasteiger partial charge in [-0.1, -0.05) is 82.5 Å². The van der Waals surface area contributed by atoms with Gasteiger partial charge >= 0.3 is 5.97 Å². The van der Waals surface area contributed by atoms with E-state index in [1.54, 1.807) is 49.4 Å². The summed E-state index contributed by atoms with van der Waals surface area (Å²) < 4.78 is 0. The molecule has 0 radical (unpaired) electrons.